The lowest BCUT2D eigenvalue weighted by atomic mass is 10.1. The topological polar surface area (TPSA) is 54.0 Å². The van der Waals surface area contributed by atoms with E-state index in [0.29, 0.717) is 18.7 Å². The Morgan fingerprint density at radius 2 is 1.81 bits per heavy atom. The van der Waals surface area contributed by atoms with Crippen LogP contribution in [0, 0.1) is 0 Å². The number of piperazine rings is 1. The van der Waals surface area contributed by atoms with Crippen LogP contribution in [-0.4, -0.2) is 63.8 Å². The zero-order valence-corrected chi connectivity index (χ0v) is 18.2. The van der Waals surface area contributed by atoms with Crippen molar-refractivity contribution in [2.45, 2.75) is 12.8 Å². The smallest absolute Gasteiger partial charge is 0.250 e. The molecule has 4 rings (SSSR count). The van der Waals surface area contributed by atoms with Gasteiger partial charge in [-0.3, -0.25) is 9.69 Å². The molecule has 6 nitrogen and oxygen atoms in total. The number of unbranched alkanes of at least 4 members (excludes halogenated alkanes) is 1. The maximum absolute atomic E-state index is 12.4. The van der Waals surface area contributed by atoms with Gasteiger partial charge in [-0.1, -0.05) is 30.3 Å². The highest BCUT2D eigenvalue weighted by molar-refractivity contribution is 5.99. The van der Waals surface area contributed by atoms with Crippen molar-refractivity contribution in [2.75, 3.05) is 57.9 Å². The molecule has 6 heteroatoms. The Hall–Kier alpha value is -2.99. The molecule has 0 aliphatic carbocycles. The summed E-state index contributed by atoms with van der Waals surface area (Å²) < 4.78 is 11.2. The Kier molecular flexibility index (Phi) is 7.10. The second-order valence-electron chi connectivity index (χ2n) is 7.96. The number of amides is 1. The maximum atomic E-state index is 12.4. The maximum Gasteiger partial charge on any atom is 0.250 e. The molecule has 2 aromatic rings. The fraction of sp³-hybridized carbons (Fsp3) is 0.400. The first-order chi connectivity index (χ1) is 15.2. The van der Waals surface area contributed by atoms with Crippen molar-refractivity contribution in [1.29, 1.82) is 0 Å². The number of anilines is 1. The van der Waals surface area contributed by atoms with Crippen LogP contribution in [-0.2, 0) is 4.79 Å². The monoisotopic (exact) mass is 421 g/mol. The van der Waals surface area contributed by atoms with Crippen molar-refractivity contribution in [3.8, 4) is 11.5 Å². The summed E-state index contributed by atoms with van der Waals surface area (Å²) in [5.41, 5.74) is 2.83. The Morgan fingerprint density at radius 3 is 2.65 bits per heavy atom. The molecule has 164 valence electrons. The second-order valence-corrected chi connectivity index (χ2v) is 7.96. The number of fused-ring (bicyclic) bond motifs is 1. The average Bonchev–Trinajstić information content (AvgIpc) is 2.83. The van der Waals surface area contributed by atoms with Gasteiger partial charge in [-0.25, -0.2) is 0 Å². The summed E-state index contributed by atoms with van der Waals surface area (Å²) >= 11 is 0. The highest BCUT2D eigenvalue weighted by atomic mass is 16.5. The quantitative estimate of drug-likeness (QED) is 0.664. The number of carbonyl (C=O) groups excluding carboxylic acids is 1. The number of hydrogen-bond acceptors (Lipinski definition) is 5. The van der Waals surface area contributed by atoms with Gasteiger partial charge < -0.3 is 19.7 Å². The minimum absolute atomic E-state index is 0.0278. The molecule has 2 aromatic carbocycles. The number of nitrogens with zero attached hydrogens (tertiary/aromatic N) is 2. The third-order valence-corrected chi connectivity index (χ3v) is 5.91. The number of nitrogens with one attached hydrogen (secondary N) is 1. The molecule has 0 spiro atoms. The Morgan fingerprint density at radius 1 is 1.03 bits per heavy atom. The van der Waals surface area contributed by atoms with E-state index >= 15 is 0 Å². The predicted molar refractivity (Wildman–Crippen MR) is 124 cm³/mol. The van der Waals surface area contributed by atoms with Crippen molar-refractivity contribution in [3.63, 3.8) is 0 Å². The summed E-state index contributed by atoms with van der Waals surface area (Å²) in [5.74, 6) is 1.75. The Balaban J connectivity index is 1.14. The van der Waals surface area contributed by atoms with Crippen LogP contribution in [0.15, 0.2) is 54.1 Å². The van der Waals surface area contributed by atoms with Crippen molar-refractivity contribution in [3.05, 3.63) is 59.7 Å². The van der Waals surface area contributed by atoms with E-state index in [1.54, 1.807) is 7.11 Å². The first kappa shape index (κ1) is 21.2. The molecule has 1 N–H and O–H groups in total. The van der Waals surface area contributed by atoms with E-state index < -0.39 is 0 Å². The average molecular weight is 422 g/mol. The predicted octanol–water partition coefficient (Wildman–Crippen LogP) is 3.19. The van der Waals surface area contributed by atoms with Crippen molar-refractivity contribution >= 4 is 17.7 Å². The number of methoxy groups -OCH3 is 1. The van der Waals surface area contributed by atoms with Crippen molar-refractivity contribution < 1.29 is 14.3 Å². The first-order valence-electron chi connectivity index (χ1n) is 11.1. The van der Waals surface area contributed by atoms with Crippen molar-refractivity contribution in [2.24, 2.45) is 0 Å². The summed E-state index contributed by atoms with van der Waals surface area (Å²) in [6.45, 7) is 6.20. The summed E-state index contributed by atoms with van der Waals surface area (Å²) in [6.07, 6.45) is 3.98. The number of hydrogen-bond donors (Lipinski definition) is 1. The molecule has 0 atom stereocenters. The van der Waals surface area contributed by atoms with Crippen LogP contribution < -0.4 is 19.7 Å². The van der Waals surface area contributed by atoms with Crippen LogP contribution in [0.2, 0.25) is 0 Å². The minimum Gasteiger partial charge on any atom is -0.495 e. The molecule has 0 saturated carbocycles. The van der Waals surface area contributed by atoms with Crippen LogP contribution in [0.25, 0.3) is 6.08 Å². The Labute approximate surface area is 184 Å². The van der Waals surface area contributed by atoms with Gasteiger partial charge in [-0.05, 0) is 43.7 Å². The van der Waals surface area contributed by atoms with Gasteiger partial charge in [0, 0.05) is 38.3 Å². The third-order valence-electron chi connectivity index (χ3n) is 5.91. The van der Waals surface area contributed by atoms with Crippen LogP contribution in [0.1, 0.15) is 18.4 Å². The molecule has 0 bridgehead atoms. The van der Waals surface area contributed by atoms with Gasteiger partial charge in [-0.2, -0.15) is 0 Å². The summed E-state index contributed by atoms with van der Waals surface area (Å²) in [4.78, 5) is 17.3. The zero-order chi connectivity index (χ0) is 21.5. The van der Waals surface area contributed by atoms with Gasteiger partial charge in [0.15, 0.2) is 0 Å². The summed E-state index contributed by atoms with van der Waals surface area (Å²) in [5, 5.41) is 3.03. The third kappa shape index (κ3) is 5.39. The van der Waals surface area contributed by atoms with Crippen LogP contribution in [0.5, 0.6) is 11.5 Å². The first-order valence-corrected chi connectivity index (χ1v) is 11.1. The highest BCUT2D eigenvalue weighted by Gasteiger charge is 2.19. The van der Waals surface area contributed by atoms with Crippen LogP contribution in [0.4, 0.5) is 5.69 Å². The molecule has 2 heterocycles. The lowest BCUT2D eigenvalue weighted by Crippen LogP contribution is -2.46. The molecule has 0 radical (unpaired) electrons. The molecular formula is C25H31N3O3. The zero-order valence-electron chi connectivity index (χ0n) is 18.2. The van der Waals surface area contributed by atoms with E-state index in [1.807, 2.05) is 42.5 Å². The lowest BCUT2D eigenvalue weighted by molar-refractivity contribution is -0.117. The standard InChI is InChI=1S/C25H31N3O3/c1-30-24-11-5-3-9-22(24)28-16-14-27(15-17-28)13-7-6-12-26-25(29)21-18-20-8-2-4-10-23(20)31-19-21/h2-5,8-11,18H,6-7,12-17,19H2,1H3,(H,26,29). The summed E-state index contributed by atoms with van der Waals surface area (Å²) in [6, 6.07) is 16.0. The lowest BCUT2D eigenvalue weighted by Gasteiger charge is -2.36. The van der Waals surface area contributed by atoms with Crippen molar-refractivity contribution in [1.82, 2.24) is 10.2 Å². The number of ether oxygens (including phenoxy) is 2. The van der Waals surface area contributed by atoms with Crippen LogP contribution in [0.3, 0.4) is 0 Å². The van der Waals surface area contributed by atoms with E-state index in [9.17, 15) is 4.79 Å². The molecule has 2 aliphatic heterocycles. The Bertz CT molecular complexity index is 920. The van der Waals surface area contributed by atoms with Gasteiger partial charge >= 0.3 is 0 Å². The normalized spacial score (nSPS) is 16.2. The summed E-state index contributed by atoms with van der Waals surface area (Å²) in [7, 11) is 1.73. The SMILES string of the molecule is COc1ccccc1N1CCN(CCCCNC(=O)C2=Cc3ccccc3OC2)CC1. The minimum atomic E-state index is -0.0278. The van der Waals surface area contributed by atoms with Gasteiger partial charge in [0.25, 0.3) is 5.91 Å². The van der Waals surface area contributed by atoms with Gasteiger partial charge in [-0.15, -0.1) is 0 Å². The molecule has 2 aliphatic rings. The van der Waals surface area contributed by atoms with Gasteiger partial charge in [0.2, 0.25) is 0 Å². The van der Waals surface area contributed by atoms with Gasteiger partial charge in [0.1, 0.15) is 18.1 Å². The van der Waals surface area contributed by atoms with E-state index in [-0.39, 0.29) is 5.91 Å². The molecule has 0 aromatic heterocycles. The number of rotatable bonds is 8. The number of benzene rings is 2. The van der Waals surface area contributed by atoms with E-state index in [4.69, 9.17) is 9.47 Å². The highest BCUT2D eigenvalue weighted by Crippen LogP contribution is 2.28. The van der Waals surface area contributed by atoms with Crippen LogP contribution >= 0.6 is 0 Å². The molecule has 1 saturated heterocycles. The molecule has 31 heavy (non-hydrogen) atoms. The molecule has 0 unspecified atom stereocenters. The molecular weight excluding hydrogens is 390 g/mol. The largest absolute Gasteiger partial charge is 0.495 e. The fourth-order valence-electron chi connectivity index (χ4n) is 4.13. The molecule has 1 fully saturated rings. The van der Waals surface area contributed by atoms with E-state index in [1.165, 1.54) is 5.69 Å². The number of para-hydroxylation sites is 3. The van der Waals surface area contributed by atoms with Gasteiger partial charge in [0.05, 0.1) is 18.4 Å². The van der Waals surface area contributed by atoms with E-state index in [0.717, 1.165) is 62.6 Å². The second kappa shape index (κ2) is 10.4. The van der Waals surface area contributed by atoms with E-state index in [2.05, 4.69) is 27.2 Å². The number of carbonyl (C=O) groups is 1. The fourth-order valence-corrected chi connectivity index (χ4v) is 4.13. The molecule has 1 amide bonds.